The second kappa shape index (κ2) is 7.35. The van der Waals surface area contributed by atoms with Gasteiger partial charge in [-0.15, -0.1) is 0 Å². The molecular weight excluding hydrogens is 245 g/mol. The van der Waals surface area contributed by atoms with Gasteiger partial charge in [-0.25, -0.2) is 4.79 Å². The third-order valence-electron chi connectivity index (χ3n) is 2.60. The largest absolute Gasteiger partial charge is 0.325 e. The predicted octanol–water partition coefficient (Wildman–Crippen LogP) is 3.25. The number of amides is 2. The molecule has 0 aliphatic rings. The lowest BCUT2D eigenvalue weighted by atomic mass is 10.1. The van der Waals surface area contributed by atoms with Crippen LogP contribution < -0.4 is 5.32 Å². The fourth-order valence-corrected chi connectivity index (χ4v) is 1.72. The molecule has 0 aliphatic heterocycles. The number of rotatable bonds is 6. The number of anilines is 1. The molecule has 0 saturated carbocycles. The lowest BCUT2D eigenvalue weighted by molar-refractivity contribution is -0.384. The van der Waals surface area contributed by atoms with Gasteiger partial charge in [-0.05, 0) is 25.0 Å². The van der Waals surface area contributed by atoms with Gasteiger partial charge < -0.3 is 10.2 Å². The van der Waals surface area contributed by atoms with Crippen molar-refractivity contribution in [1.29, 1.82) is 0 Å². The first-order valence-corrected chi connectivity index (χ1v) is 6.38. The van der Waals surface area contributed by atoms with Gasteiger partial charge >= 0.3 is 6.03 Å². The molecule has 6 heteroatoms. The minimum absolute atomic E-state index is 0.0111. The summed E-state index contributed by atoms with van der Waals surface area (Å²) in [6.07, 6.45) is 1.79. The molecule has 0 atom stereocenters. The van der Waals surface area contributed by atoms with Crippen LogP contribution in [0.15, 0.2) is 24.3 Å². The zero-order chi connectivity index (χ0) is 14.3. The minimum Gasteiger partial charge on any atom is -0.325 e. The van der Waals surface area contributed by atoms with Gasteiger partial charge in [0.15, 0.2) is 0 Å². The summed E-state index contributed by atoms with van der Waals surface area (Å²) in [5.74, 6) is 0. The molecule has 0 fully saturated rings. The summed E-state index contributed by atoms with van der Waals surface area (Å²) in [5.41, 5.74) is 0.574. The van der Waals surface area contributed by atoms with Gasteiger partial charge in [-0.3, -0.25) is 10.1 Å². The molecule has 0 aliphatic carbocycles. The molecule has 0 spiro atoms. The molecule has 6 nitrogen and oxygen atoms in total. The summed E-state index contributed by atoms with van der Waals surface area (Å²) in [5, 5.41) is 13.3. The van der Waals surface area contributed by atoms with E-state index in [-0.39, 0.29) is 11.7 Å². The zero-order valence-corrected chi connectivity index (χ0v) is 11.3. The number of nitrogens with one attached hydrogen (secondary N) is 1. The number of carbonyl (C=O) groups is 1. The van der Waals surface area contributed by atoms with Gasteiger partial charge in [0.1, 0.15) is 0 Å². The summed E-state index contributed by atoms with van der Waals surface area (Å²) in [6.45, 7) is 5.43. The molecule has 1 aromatic carbocycles. The molecule has 0 heterocycles. The number of nitro groups is 1. The van der Waals surface area contributed by atoms with Crippen molar-refractivity contribution < 1.29 is 9.72 Å². The van der Waals surface area contributed by atoms with Gasteiger partial charge in [-0.2, -0.15) is 0 Å². The lowest BCUT2D eigenvalue weighted by Crippen LogP contribution is -2.36. The number of nitrogens with zero attached hydrogens (tertiary/aromatic N) is 2. The molecule has 104 valence electrons. The number of hydrogen-bond acceptors (Lipinski definition) is 3. The highest BCUT2D eigenvalue weighted by Gasteiger charge is 2.12. The first-order valence-electron chi connectivity index (χ1n) is 6.38. The molecule has 1 N–H and O–H groups in total. The van der Waals surface area contributed by atoms with Gasteiger partial charge in [-0.1, -0.05) is 13.8 Å². The Bertz CT molecular complexity index is 425. The zero-order valence-electron chi connectivity index (χ0n) is 11.3. The van der Waals surface area contributed by atoms with Crippen molar-refractivity contribution in [2.24, 2.45) is 0 Å². The van der Waals surface area contributed by atoms with E-state index in [2.05, 4.69) is 5.32 Å². The standard InChI is InChI=1S/C13H19N3O3/c1-3-9-15(10-4-2)13(17)14-11-5-7-12(8-6-11)16(18)19/h5-8H,3-4,9-10H2,1-2H3,(H,14,17)/i13-1. The Labute approximate surface area is 112 Å². The van der Waals surface area contributed by atoms with Crippen LogP contribution in [0.5, 0.6) is 0 Å². The van der Waals surface area contributed by atoms with Crippen LogP contribution in [0.4, 0.5) is 16.2 Å². The molecule has 0 unspecified atom stereocenters. The smallest absolute Gasteiger partial charge is 0.321 e. The van der Waals surface area contributed by atoms with Crippen LogP contribution in [0, 0.1) is 10.1 Å². The van der Waals surface area contributed by atoms with Crippen molar-refractivity contribution in [2.75, 3.05) is 18.4 Å². The average Bonchev–Trinajstić information content (AvgIpc) is 2.39. The summed E-state index contributed by atoms with van der Waals surface area (Å²) in [7, 11) is 0. The molecular formula is C13H19N3O3. The Balaban J connectivity index is 2.66. The Morgan fingerprint density at radius 2 is 1.74 bits per heavy atom. The molecule has 2 amide bonds. The van der Waals surface area contributed by atoms with Crippen LogP contribution >= 0.6 is 0 Å². The topological polar surface area (TPSA) is 75.5 Å². The molecule has 19 heavy (non-hydrogen) atoms. The van der Waals surface area contributed by atoms with E-state index in [1.807, 2.05) is 13.8 Å². The number of non-ortho nitro benzene ring substituents is 1. The summed E-state index contributed by atoms with van der Waals surface area (Å²) in [4.78, 5) is 23.8. The highest BCUT2D eigenvalue weighted by atomic mass is 16.6. The Morgan fingerprint density at radius 1 is 1.21 bits per heavy atom. The van der Waals surface area contributed by atoms with Crippen LogP contribution in [0.2, 0.25) is 0 Å². The SMILES string of the molecule is CCCN(CCC)[11C](=O)Nc1ccc([N+](=O)[O-])cc1. The fourth-order valence-electron chi connectivity index (χ4n) is 1.72. The second-order valence-corrected chi connectivity index (χ2v) is 4.22. The van der Waals surface area contributed by atoms with E-state index in [0.29, 0.717) is 18.8 Å². The van der Waals surface area contributed by atoms with Gasteiger partial charge in [0, 0.05) is 30.9 Å². The number of benzene rings is 1. The van der Waals surface area contributed by atoms with Gasteiger partial charge in [0.2, 0.25) is 0 Å². The lowest BCUT2D eigenvalue weighted by Gasteiger charge is -2.21. The number of nitro benzene ring substituents is 1. The van der Waals surface area contributed by atoms with Gasteiger partial charge in [0.05, 0.1) is 4.92 Å². The van der Waals surface area contributed by atoms with E-state index < -0.39 is 4.92 Å². The molecule has 1 aromatic rings. The molecule has 0 aromatic heterocycles. The van der Waals surface area contributed by atoms with E-state index in [1.165, 1.54) is 24.3 Å². The van der Waals surface area contributed by atoms with Crippen molar-refractivity contribution in [2.45, 2.75) is 26.7 Å². The first-order chi connectivity index (χ1) is 9.08. The van der Waals surface area contributed by atoms with Crippen LogP contribution in [0.3, 0.4) is 0 Å². The van der Waals surface area contributed by atoms with Gasteiger partial charge in [0.25, 0.3) is 5.69 Å². The molecule has 0 radical (unpaired) electrons. The van der Waals surface area contributed by atoms with E-state index in [4.69, 9.17) is 0 Å². The second-order valence-electron chi connectivity index (χ2n) is 4.22. The maximum atomic E-state index is 12.0. The van der Waals surface area contributed by atoms with Crippen molar-refractivity contribution >= 4 is 17.4 Å². The third-order valence-corrected chi connectivity index (χ3v) is 2.60. The predicted molar refractivity (Wildman–Crippen MR) is 74.3 cm³/mol. The first kappa shape index (κ1) is 14.9. The maximum absolute atomic E-state index is 12.0. The van der Waals surface area contributed by atoms with Crippen LogP contribution in [0.25, 0.3) is 0 Å². The van der Waals surface area contributed by atoms with E-state index in [9.17, 15) is 14.9 Å². The normalized spacial score (nSPS) is 10.0. The minimum atomic E-state index is -0.466. The summed E-state index contributed by atoms with van der Waals surface area (Å²) < 4.78 is 0. The van der Waals surface area contributed by atoms with Crippen molar-refractivity contribution in [1.82, 2.24) is 4.90 Å². The number of urea groups is 1. The fraction of sp³-hybridized carbons (Fsp3) is 0.462. The molecule has 0 saturated heterocycles. The monoisotopic (exact) mass is 264 g/mol. The molecule has 0 bridgehead atoms. The quantitative estimate of drug-likeness (QED) is 0.633. The summed E-state index contributed by atoms with van der Waals surface area (Å²) >= 11 is 0. The maximum Gasteiger partial charge on any atom is 0.321 e. The Kier molecular flexibility index (Phi) is 5.78. The Morgan fingerprint density at radius 3 is 2.16 bits per heavy atom. The number of carbonyl (C=O) groups excluding carboxylic acids is 1. The van der Waals surface area contributed by atoms with Crippen molar-refractivity contribution in [3.05, 3.63) is 34.4 Å². The average molecular weight is 264 g/mol. The van der Waals surface area contributed by atoms with Crippen LogP contribution in [0.1, 0.15) is 26.7 Å². The highest BCUT2D eigenvalue weighted by molar-refractivity contribution is 5.89. The van der Waals surface area contributed by atoms with Crippen molar-refractivity contribution in [3.8, 4) is 0 Å². The summed E-state index contributed by atoms with van der Waals surface area (Å²) in [6, 6.07) is 5.65. The molecule has 1 rings (SSSR count). The van der Waals surface area contributed by atoms with Crippen molar-refractivity contribution in [3.63, 3.8) is 0 Å². The Hall–Kier alpha value is -2.11. The van der Waals surface area contributed by atoms with Crippen LogP contribution in [-0.2, 0) is 0 Å². The highest BCUT2D eigenvalue weighted by Crippen LogP contribution is 2.15. The number of hydrogen-bond donors (Lipinski definition) is 1. The van der Waals surface area contributed by atoms with E-state index >= 15 is 0 Å². The third kappa shape index (κ3) is 4.57. The van der Waals surface area contributed by atoms with Crippen LogP contribution in [-0.4, -0.2) is 28.9 Å². The van der Waals surface area contributed by atoms with E-state index in [0.717, 1.165) is 12.8 Å². The van der Waals surface area contributed by atoms with E-state index in [1.54, 1.807) is 4.90 Å².